The summed E-state index contributed by atoms with van der Waals surface area (Å²) in [6.45, 7) is 3.66. The van der Waals surface area contributed by atoms with Crippen LogP contribution in [0, 0.1) is 0 Å². The largest absolute Gasteiger partial charge is 0.492 e. The normalized spacial score (nSPS) is 11.4. The van der Waals surface area contributed by atoms with Crippen molar-refractivity contribution in [1.29, 1.82) is 0 Å². The summed E-state index contributed by atoms with van der Waals surface area (Å²) >= 11 is 7.26. The number of rotatable bonds is 11. The smallest absolute Gasteiger partial charge is 0.229 e. The molecule has 186 valence electrons. The summed E-state index contributed by atoms with van der Waals surface area (Å²) in [5.74, 6) is 0.110. The summed E-state index contributed by atoms with van der Waals surface area (Å²) in [6.07, 6.45) is 0.595. The maximum atomic E-state index is 13.2. The number of halogens is 2. The number of fused-ring (bicyclic) bond motifs is 1. The van der Waals surface area contributed by atoms with E-state index in [0.717, 1.165) is 17.7 Å². The molecule has 3 aromatic rings. The van der Waals surface area contributed by atoms with Crippen molar-refractivity contribution >= 4 is 66.4 Å². The van der Waals surface area contributed by atoms with Gasteiger partial charge in [0.05, 0.1) is 22.0 Å². The zero-order valence-corrected chi connectivity index (χ0v) is 22.6. The molecule has 7 nitrogen and oxygen atoms in total. The zero-order valence-electron chi connectivity index (χ0n) is 19.4. The Balaban J connectivity index is 0.00000408. The highest BCUT2D eigenvalue weighted by atomic mass is 35.5. The molecule has 0 saturated heterocycles. The summed E-state index contributed by atoms with van der Waals surface area (Å²) in [4.78, 5) is 21.7. The number of hydrogen-bond donors (Lipinski definition) is 0. The number of sulfone groups is 1. The molecular formula is C23H29Cl2N3O4S2. The van der Waals surface area contributed by atoms with E-state index in [4.69, 9.17) is 16.3 Å². The van der Waals surface area contributed by atoms with Gasteiger partial charge in [-0.25, -0.2) is 13.4 Å². The van der Waals surface area contributed by atoms with Gasteiger partial charge in [0.15, 0.2) is 15.0 Å². The average molecular weight is 547 g/mol. The van der Waals surface area contributed by atoms with Crippen molar-refractivity contribution in [2.24, 2.45) is 0 Å². The van der Waals surface area contributed by atoms with Crippen molar-refractivity contribution in [2.45, 2.75) is 24.7 Å². The second-order valence-corrected chi connectivity index (χ2v) is 11.3. The van der Waals surface area contributed by atoms with Gasteiger partial charge in [-0.1, -0.05) is 29.0 Å². The molecule has 34 heavy (non-hydrogen) atoms. The Hall–Kier alpha value is -1.91. The summed E-state index contributed by atoms with van der Waals surface area (Å²) in [6, 6.07) is 11.7. The quantitative estimate of drug-likeness (QED) is 0.340. The Morgan fingerprint density at radius 1 is 1.12 bits per heavy atom. The van der Waals surface area contributed by atoms with Crippen LogP contribution in [0.15, 0.2) is 47.4 Å². The van der Waals surface area contributed by atoms with Crippen molar-refractivity contribution in [2.75, 3.05) is 44.4 Å². The number of aromatic nitrogens is 1. The van der Waals surface area contributed by atoms with Crippen molar-refractivity contribution in [1.82, 2.24) is 9.88 Å². The Morgan fingerprint density at radius 3 is 2.47 bits per heavy atom. The molecule has 0 N–H and O–H groups in total. The van der Waals surface area contributed by atoms with E-state index in [1.54, 1.807) is 4.90 Å². The molecule has 1 heterocycles. The van der Waals surface area contributed by atoms with Crippen molar-refractivity contribution < 1.29 is 17.9 Å². The van der Waals surface area contributed by atoms with E-state index in [1.165, 1.54) is 35.6 Å². The van der Waals surface area contributed by atoms with Gasteiger partial charge in [-0.3, -0.25) is 9.69 Å². The van der Waals surface area contributed by atoms with Gasteiger partial charge in [0.1, 0.15) is 11.3 Å². The second kappa shape index (κ2) is 12.7. The first-order valence-electron chi connectivity index (χ1n) is 10.7. The van der Waals surface area contributed by atoms with Crippen LogP contribution in [0.25, 0.3) is 10.2 Å². The monoisotopic (exact) mass is 545 g/mol. The lowest BCUT2D eigenvalue weighted by Crippen LogP contribution is -2.34. The predicted molar refractivity (Wildman–Crippen MR) is 142 cm³/mol. The molecule has 0 spiro atoms. The highest BCUT2D eigenvalue weighted by Crippen LogP contribution is 2.34. The van der Waals surface area contributed by atoms with E-state index in [9.17, 15) is 13.2 Å². The second-order valence-electron chi connectivity index (χ2n) is 7.76. The number of amides is 1. The van der Waals surface area contributed by atoms with Crippen LogP contribution < -0.4 is 9.64 Å². The van der Waals surface area contributed by atoms with Crippen molar-refractivity contribution in [3.8, 4) is 5.75 Å². The molecule has 1 amide bonds. The van der Waals surface area contributed by atoms with Gasteiger partial charge in [-0.05, 0) is 70.4 Å². The summed E-state index contributed by atoms with van der Waals surface area (Å²) in [5, 5.41) is 1.00. The van der Waals surface area contributed by atoms with Gasteiger partial charge in [0, 0.05) is 18.0 Å². The number of anilines is 1. The van der Waals surface area contributed by atoms with Crippen LogP contribution >= 0.6 is 35.3 Å². The number of para-hydroxylation sites is 1. The first-order valence-corrected chi connectivity index (χ1v) is 13.5. The first-order chi connectivity index (χ1) is 15.7. The van der Waals surface area contributed by atoms with E-state index < -0.39 is 9.84 Å². The lowest BCUT2D eigenvalue weighted by atomic mass is 10.3. The molecule has 0 unspecified atom stereocenters. The lowest BCUT2D eigenvalue weighted by Gasteiger charge is -2.21. The van der Waals surface area contributed by atoms with Crippen LogP contribution in [0.5, 0.6) is 5.75 Å². The van der Waals surface area contributed by atoms with E-state index in [2.05, 4.69) is 4.98 Å². The molecule has 0 bridgehead atoms. The van der Waals surface area contributed by atoms with Crippen LogP contribution in [0.4, 0.5) is 5.13 Å². The molecule has 1 aromatic heterocycles. The molecule has 11 heteroatoms. The van der Waals surface area contributed by atoms with Crippen LogP contribution in [-0.4, -0.2) is 63.8 Å². The summed E-state index contributed by atoms with van der Waals surface area (Å²) < 4.78 is 32.0. The first kappa shape index (κ1) is 28.3. The van der Waals surface area contributed by atoms with Crippen LogP contribution in [-0.2, 0) is 14.6 Å². The Kier molecular flexibility index (Phi) is 10.6. The number of ether oxygens (including phenoxy) is 1. The molecule has 0 aliphatic carbocycles. The van der Waals surface area contributed by atoms with Gasteiger partial charge in [-0.2, -0.15) is 0 Å². The molecule has 0 saturated carbocycles. The highest BCUT2D eigenvalue weighted by molar-refractivity contribution is 7.91. The van der Waals surface area contributed by atoms with Gasteiger partial charge in [0.2, 0.25) is 5.91 Å². The molecule has 0 aliphatic heterocycles. The maximum Gasteiger partial charge on any atom is 0.229 e. The number of benzene rings is 2. The van der Waals surface area contributed by atoms with Gasteiger partial charge in [-0.15, -0.1) is 12.4 Å². The van der Waals surface area contributed by atoms with E-state index in [0.29, 0.717) is 34.6 Å². The number of carbonyl (C=O) groups is 1. The Labute approximate surface area is 216 Å². The summed E-state index contributed by atoms with van der Waals surface area (Å²) in [7, 11) is 0.326. The minimum absolute atomic E-state index is 0. The standard InChI is InChI=1S/C23H28ClN3O4S2.ClH/c1-4-31-19-7-5-8-20-22(19)25-23(32-20)27(15-6-14-26(2)3)21(28)13-16-33(29,30)18-11-9-17(24)10-12-18;/h5,7-12H,4,6,13-16H2,1-3H3;1H. The van der Waals surface area contributed by atoms with Crippen LogP contribution in [0.2, 0.25) is 5.02 Å². The van der Waals surface area contributed by atoms with Gasteiger partial charge < -0.3 is 9.64 Å². The predicted octanol–water partition coefficient (Wildman–Crippen LogP) is 4.92. The zero-order chi connectivity index (χ0) is 24.0. The van der Waals surface area contributed by atoms with Crippen molar-refractivity contribution in [3.63, 3.8) is 0 Å². The Morgan fingerprint density at radius 2 is 1.82 bits per heavy atom. The molecule has 3 rings (SSSR count). The lowest BCUT2D eigenvalue weighted by molar-refractivity contribution is -0.118. The number of carbonyl (C=O) groups excluding carboxylic acids is 1. The third-order valence-corrected chi connectivity index (χ3v) is 7.97. The van der Waals surface area contributed by atoms with Crippen LogP contribution in [0.1, 0.15) is 19.8 Å². The molecule has 0 fully saturated rings. The topological polar surface area (TPSA) is 79.8 Å². The fraction of sp³-hybridized carbons (Fsp3) is 0.391. The Bertz CT molecular complexity index is 1200. The number of thiazole rings is 1. The molecule has 0 atom stereocenters. The minimum atomic E-state index is -3.61. The molecule has 0 radical (unpaired) electrons. The fourth-order valence-electron chi connectivity index (χ4n) is 3.29. The maximum absolute atomic E-state index is 13.2. The third kappa shape index (κ3) is 7.29. The van der Waals surface area contributed by atoms with Crippen LogP contribution in [0.3, 0.4) is 0 Å². The van der Waals surface area contributed by atoms with E-state index in [1.807, 2.05) is 44.1 Å². The van der Waals surface area contributed by atoms with Gasteiger partial charge >= 0.3 is 0 Å². The number of nitrogens with zero attached hydrogens (tertiary/aromatic N) is 3. The SMILES string of the molecule is CCOc1cccc2sc(N(CCCN(C)C)C(=O)CCS(=O)(=O)c3ccc(Cl)cc3)nc12.Cl. The van der Waals surface area contributed by atoms with Gasteiger partial charge in [0.25, 0.3) is 0 Å². The average Bonchev–Trinajstić information content (AvgIpc) is 3.20. The summed E-state index contributed by atoms with van der Waals surface area (Å²) in [5.41, 5.74) is 0.707. The van der Waals surface area contributed by atoms with E-state index in [-0.39, 0.29) is 35.4 Å². The van der Waals surface area contributed by atoms with Crippen molar-refractivity contribution in [3.05, 3.63) is 47.5 Å². The molecule has 0 aliphatic rings. The number of hydrogen-bond acceptors (Lipinski definition) is 7. The highest BCUT2D eigenvalue weighted by Gasteiger charge is 2.24. The minimum Gasteiger partial charge on any atom is -0.492 e. The third-order valence-electron chi connectivity index (χ3n) is 4.95. The molecule has 2 aromatic carbocycles. The molecular weight excluding hydrogens is 517 g/mol. The fourth-order valence-corrected chi connectivity index (χ4v) is 5.67. The van der Waals surface area contributed by atoms with E-state index >= 15 is 0 Å².